The molecule has 2 heterocycles. The van der Waals surface area contributed by atoms with Crippen molar-refractivity contribution in [2.24, 2.45) is 0 Å². The van der Waals surface area contributed by atoms with Crippen molar-refractivity contribution >= 4 is 23.2 Å². The van der Waals surface area contributed by atoms with E-state index in [-0.39, 0.29) is 0 Å². The van der Waals surface area contributed by atoms with Crippen LogP contribution in [-0.2, 0) is 6.54 Å². The highest BCUT2D eigenvalue weighted by atomic mass is 15.1. The molecule has 0 saturated heterocycles. The van der Waals surface area contributed by atoms with E-state index in [0.717, 1.165) is 41.6 Å². The summed E-state index contributed by atoms with van der Waals surface area (Å²) in [5.41, 5.74) is 3.33. The summed E-state index contributed by atoms with van der Waals surface area (Å²) in [4.78, 5) is 9.10. The van der Waals surface area contributed by atoms with Crippen LogP contribution in [0.1, 0.15) is 25.6 Å². The summed E-state index contributed by atoms with van der Waals surface area (Å²) in [5, 5.41) is 2.33. The van der Waals surface area contributed by atoms with Crippen molar-refractivity contribution in [1.29, 1.82) is 0 Å². The summed E-state index contributed by atoms with van der Waals surface area (Å²) in [6, 6.07) is 0. The van der Waals surface area contributed by atoms with Gasteiger partial charge in [-0.2, -0.15) is 0 Å². The zero-order valence-electron chi connectivity index (χ0n) is 10.9. The molecule has 2 aromatic heterocycles. The van der Waals surface area contributed by atoms with Gasteiger partial charge < -0.3 is 4.57 Å². The molecule has 2 aromatic rings. The monoisotopic (exact) mass is 239 g/mol. The molecule has 0 fully saturated rings. The van der Waals surface area contributed by atoms with E-state index in [2.05, 4.69) is 40.2 Å². The van der Waals surface area contributed by atoms with Crippen LogP contribution >= 0.6 is 0 Å². The fourth-order valence-corrected chi connectivity index (χ4v) is 2.56. The number of pyridine rings is 1. The van der Waals surface area contributed by atoms with Crippen molar-refractivity contribution in [1.82, 2.24) is 14.5 Å². The first-order valence-electron chi connectivity index (χ1n) is 6.33. The summed E-state index contributed by atoms with van der Waals surface area (Å²) in [6.07, 6.45) is 8.54. The Morgan fingerprint density at radius 3 is 2.94 bits per heavy atom. The molecule has 1 aliphatic rings. The van der Waals surface area contributed by atoms with Crippen LogP contribution in [0.25, 0.3) is 23.2 Å². The molecule has 3 heteroatoms. The van der Waals surface area contributed by atoms with Gasteiger partial charge in [0.25, 0.3) is 0 Å². The van der Waals surface area contributed by atoms with Gasteiger partial charge in [-0.3, -0.25) is 4.98 Å². The van der Waals surface area contributed by atoms with Crippen molar-refractivity contribution in [3.8, 4) is 0 Å². The first-order chi connectivity index (χ1) is 8.66. The molecule has 0 bridgehead atoms. The highest BCUT2D eigenvalue weighted by molar-refractivity contribution is 5.77. The minimum absolute atomic E-state index is 0.826. The predicted octanol–water partition coefficient (Wildman–Crippen LogP) is 1.67. The van der Waals surface area contributed by atoms with Gasteiger partial charge in [-0.1, -0.05) is 24.3 Å². The van der Waals surface area contributed by atoms with Crippen LogP contribution in [-0.4, -0.2) is 14.5 Å². The fourth-order valence-electron chi connectivity index (χ4n) is 2.56. The zero-order chi connectivity index (χ0) is 12.7. The fraction of sp³-hybridized carbons (Fsp3) is 0.333. The van der Waals surface area contributed by atoms with E-state index in [1.165, 1.54) is 10.7 Å². The largest absolute Gasteiger partial charge is 0.323 e. The molecule has 0 amide bonds. The van der Waals surface area contributed by atoms with Gasteiger partial charge in [0.15, 0.2) is 0 Å². The lowest BCUT2D eigenvalue weighted by molar-refractivity contribution is 0.772. The van der Waals surface area contributed by atoms with E-state index in [4.69, 9.17) is 0 Å². The third-order valence-corrected chi connectivity index (χ3v) is 3.32. The number of aromatic nitrogens is 3. The van der Waals surface area contributed by atoms with Gasteiger partial charge in [0.1, 0.15) is 11.3 Å². The Bertz CT molecular complexity index is 750. The van der Waals surface area contributed by atoms with Crippen LogP contribution in [0.3, 0.4) is 0 Å². The van der Waals surface area contributed by atoms with E-state index < -0.39 is 0 Å². The Kier molecular flexibility index (Phi) is 2.54. The van der Waals surface area contributed by atoms with Crippen molar-refractivity contribution in [2.75, 3.05) is 0 Å². The van der Waals surface area contributed by atoms with E-state index >= 15 is 0 Å². The molecule has 92 valence electrons. The Hall–Kier alpha value is -1.90. The summed E-state index contributed by atoms with van der Waals surface area (Å²) < 4.78 is 2.24. The lowest BCUT2D eigenvalue weighted by atomic mass is 10.1. The van der Waals surface area contributed by atoms with E-state index in [9.17, 15) is 0 Å². The lowest BCUT2D eigenvalue weighted by Gasteiger charge is -2.08. The number of rotatable bonds is 2. The topological polar surface area (TPSA) is 30.7 Å². The molecule has 0 aromatic carbocycles. The van der Waals surface area contributed by atoms with E-state index in [1.807, 2.05) is 13.1 Å². The first-order valence-corrected chi connectivity index (χ1v) is 6.33. The summed E-state index contributed by atoms with van der Waals surface area (Å²) in [5.74, 6) is 1.03. The summed E-state index contributed by atoms with van der Waals surface area (Å²) in [7, 11) is 0. The molecule has 3 rings (SSSR count). The van der Waals surface area contributed by atoms with Crippen LogP contribution in [0.4, 0.5) is 0 Å². The highest BCUT2D eigenvalue weighted by Crippen LogP contribution is 2.12. The Morgan fingerprint density at radius 2 is 2.17 bits per heavy atom. The summed E-state index contributed by atoms with van der Waals surface area (Å²) >= 11 is 0. The molecule has 0 saturated carbocycles. The van der Waals surface area contributed by atoms with Crippen LogP contribution in [0.5, 0.6) is 0 Å². The molecular weight excluding hydrogens is 222 g/mol. The van der Waals surface area contributed by atoms with Crippen molar-refractivity contribution < 1.29 is 0 Å². The van der Waals surface area contributed by atoms with Crippen LogP contribution < -0.4 is 10.6 Å². The molecule has 0 N–H and O–H groups in total. The SMILES string of the molecule is C=C(C)Cn1c(C)nc2cnc3c(c21)=CCCC=3. The van der Waals surface area contributed by atoms with E-state index in [0.29, 0.717) is 0 Å². The second-order valence-electron chi connectivity index (χ2n) is 4.98. The van der Waals surface area contributed by atoms with Crippen molar-refractivity contribution in [2.45, 2.75) is 33.2 Å². The number of nitrogens with zero attached hydrogens (tertiary/aromatic N) is 3. The highest BCUT2D eigenvalue weighted by Gasteiger charge is 2.10. The molecule has 0 spiro atoms. The number of fused-ring (bicyclic) bond motifs is 3. The second-order valence-corrected chi connectivity index (χ2v) is 4.98. The lowest BCUT2D eigenvalue weighted by Crippen LogP contribution is -2.31. The number of hydrogen-bond donors (Lipinski definition) is 0. The number of imidazole rings is 1. The number of hydrogen-bond acceptors (Lipinski definition) is 2. The van der Waals surface area contributed by atoms with Gasteiger partial charge in [0, 0.05) is 11.8 Å². The normalized spacial score (nSPS) is 13.9. The van der Waals surface area contributed by atoms with Gasteiger partial charge in [-0.05, 0) is 26.7 Å². The zero-order valence-corrected chi connectivity index (χ0v) is 10.9. The smallest absolute Gasteiger partial charge is 0.108 e. The second kappa shape index (κ2) is 4.09. The van der Waals surface area contributed by atoms with Gasteiger partial charge in [-0.15, -0.1) is 0 Å². The van der Waals surface area contributed by atoms with Crippen LogP contribution in [0, 0.1) is 6.92 Å². The van der Waals surface area contributed by atoms with Gasteiger partial charge in [0.05, 0.1) is 17.1 Å². The quantitative estimate of drug-likeness (QED) is 0.746. The number of allylic oxidation sites excluding steroid dienone is 1. The predicted molar refractivity (Wildman–Crippen MR) is 74.5 cm³/mol. The Labute approximate surface area is 106 Å². The molecular formula is C15H17N3. The molecule has 1 aliphatic carbocycles. The van der Waals surface area contributed by atoms with Crippen LogP contribution in [0.15, 0.2) is 18.3 Å². The van der Waals surface area contributed by atoms with Crippen molar-refractivity contribution in [3.05, 3.63) is 34.7 Å². The average molecular weight is 239 g/mol. The third kappa shape index (κ3) is 1.67. The Balaban J connectivity index is 2.43. The van der Waals surface area contributed by atoms with Gasteiger partial charge in [0.2, 0.25) is 0 Å². The minimum Gasteiger partial charge on any atom is -0.323 e. The van der Waals surface area contributed by atoms with Gasteiger partial charge in [-0.25, -0.2) is 4.98 Å². The maximum Gasteiger partial charge on any atom is 0.108 e. The maximum absolute atomic E-state index is 4.60. The van der Waals surface area contributed by atoms with E-state index in [1.54, 1.807) is 0 Å². The number of aryl methyl sites for hydroxylation is 1. The maximum atomic E-state index is 4.60. The molecule has 0 radical (unpaired) electrons. The average Bonchev–Trinajstić information content (AvgIpc) is 2.66. The molecule has 0 unspecified atom stereocenters. The Morgan fingerprint density at radius 1 is 1.39 bits per heavy atom. The van der Waals surface area contributed by atoms with Gasteiger partial charge >= 0.3 is 0 Å². The van der Waals surface area contributed by atoms with Crippen LogP contribution in [0.2, 0.25) is 0 Å². The standard InChI is InChI=1S/C15H17N3/c1-10(2)9-18-11(3)17-14-8-16-13-7-5-4-6-12(13)15(14)18/h6-8H,1,4-5,9H2,2-3H3. The first kappa shape index (κ1) is 11.2. The molecule has 3 nitrogen and oxygen atoms in total. The third-order valence-electron chi connectivity index (χ3n) is 3.32. The minimum atomic E-state index is 0.826. The molecule has 18 heavy (non-hydrogen) atoms. The molecule has 0 atom stereocenters. The van der Waals surface area contributed by atoms with Crippen molar-refractivity contribution in [3.63, 3.8) is 0 Å². The molecule has 0 aliphatic heterocycles. The summed E-state index contributed by atoms with van der Waals surface area (Å²) in [6.45, 7) is 8.93.